The summed E-state index contributed by atoms with van der Waals surface area (Å²) in [7, 11) is 3.70. The van der Waals surface area contributed by atoms with E-state index < -0.39 is 0 Å². The third-order valence-corrected chi connectivity index (χ3v) is 4.92. The molecule has 2 aromatic rings. The van der Waals surface area contributed by atoms with Gasteiger partial charge in [-0.15, -0.1) is 11.3 Å². The Balaban J connectivity index is 1.85. The van der Waals surface area contributed by atoms with Crippen molar-refractivity contribution in [3.8, 4) is 0 Å². The molecular weight excluding hydrogens is 282 g/mol. The van der Waals surface area contributed by atoms with Crippen LogP contribution in [0.2, 0.25) is 0 Å². The van der Waals surface area contributed by atoms with Crippen LogP contribution >= 0.6 is 11.3 Å². The topological polar surface area (TPSA) is 45.2 Å². The Morgan fingerprint density at radius 2 is 2.24 bits per heavy atom. The van der Waals surface area contributed by atoms with Gasteiger partial charge in [0, 0.05) is 19.5 Å². The normalized spacial score (nSPS) is 17.1. The first-order valence-corrected chi connectivity index (χ1v) is 8.07. The van der Waals surface area contributed by atoms with Crippen molar-refractivity contribution in [2.24, 2.45) is 0 Å². The lowest BCUT2D eigenvalue weighted by Gasteiger charge is -2.33. The van der Waals surface area contributed by atoms with Crippen molar-refractivity contribution in [1.29, 1.82) is 0 Å². The Morgan fingerprint density at radius 1 is 1.43 bits per heavy atom. The summed E-state index contributed by atoms with van der Waals surface area (Å²) in [6.45, 7) is 0. The smallest absolute Gasteiger partial charge is 0.273 e. The number of fused-ring (bicyclic) bond motifs is 1. The van der Waals surface area contributed by atoms with Gasteiger partial charge in [0.2, 0.25) is 0 Å². The summed E-state index contributed by atoms with van der Waals surface area (Å²) in [5.74, 6) is -0.00514. The van der Waals surface area contributed by atoms with E-state index in [4.69, 9.17) is 0 Å². The fourth-order valence-electron chi connectivity index (χ4n) is 2.94. The highest BCUT2D eigenvalue weighted by atomic mass is 32.1. The number of amides is 1. The van der Waals surface area contributed by atoms with E-state index in [0.29, 0.717) is 5.69 Å². The highest BCUT2D eigenvalue weighted by molar-refractivity contribution is 7.13. The Kier molecular flexibility index (Phi) is 3.92. The van der Waals surface area contributed by atoms with Crippen molar-refractivity contribution in [1.82, 2.24) is 9.88 Å². The number of aryl methyl sites for hydroxylation is 1. The first kappa shape index (κ1) is 14.1. The summed E-state index contributed by atoms with van der Waals surface area (Å²) in [6, 6.07) is 8.59. The van der Waals surface area contributed by atoms with E-state index in [-0.39, 0.29) is 11.9 Å². The van der Waals surface area contributed by atoms with Gasteiger partial charge in [0.25, 0.3) is 5.91 Å². The van der Waals surface area contributed by atoms with Crippen LogP contribution in [0.5, 0.6) is 0 Å². The van der Waals surface area contributed by atoms with Gasteiger partial charge in [-0.2, -0.15) is 0 Å². The molecule has 1 atom stereocenters. The van der Waals surface area contributed by atoms with Gasteiger partial charge in [-0.3, -0.25) is 4.79 Å². The molecule has 1 N–H and O–H groups in total. The van der Waals surface area contributed by atoms with E-state index in [9.17, 15) is 4.79 Å². The number of nitrogens with zero attached hydrogens (tertiary/aromatic N) is 2. The molecule has 0 unspecified atom stereocenters. The maximum atomic E-state index is 12.6. The molecule has 0 aliphatic heterocycles. The molecule has 4 nitrogen and oxygen atoms in total. The average Bonchev–Trinajstić information content (AvgIpc) is 3.02. The zero-order valence-electron chi connectivity index (χ0n) is 12.3. The second-order valence-electron chi connectivity index (χ2n) is 5.31. The predicted molar refractivity (Wildman–Crippen MR) is 85.9 cm³/mol. The largest absolute Gasteiger partial charge is 0.365 e. The maximum absolute atomic E-state index is 12.6. The number of rotatable bonds is 3. The highest BCUT2D eigenvalue weighted by Crippen LogP contribution is 2.34. The minimum atomic E-state index is -0.00514. The standard InChI is InChI=1S/C16H19N3OS/c1-17-16-18-13(10-21-16)15(20)19(2)14-9-5-7-11-6-3-4-8-12(11)14/h3-4,6,8,10,14H,5,7,9H2,1-2H3,(H,17,18)/t14-/m1/s1. The minimum absolute atomic E-state index is 0.00514. The number of carbonyl (C=O) groups is 1. The van der Waals surface area contributed by atoms with Crippen molar-refractivity contribution < 1.29 is 4.79 Å². The summed E-state index contributed by atoms with van der Waals surface area (Å²) >= 11 is 1.46. The number of aromatic nitrogens is 1. The lowest BCUT2D eigenvalue weighted by Crippen LogP contribution is -2.33. The fourth-order valence-corrected chi connectivity index (χ4v) is 3.59. The zero-order valence-corrected chi connectivity index (χ0v) is 13.1. The monoisotopic (exact) mass is 301 g/mol. The summed E-state index contributed by atoms with van der Waals surface area (Å²) in [6.07, 6.45) is 3.25. The summed E-state index contributed by atoms with van der Waals surface area (Å²) in [5.41, 5.74) is 3.17. The van der Waals surface area contributed by atoms with Gasteiger partial charge in [-0.25, -0.2) is 4.98 Å². The third kappa shape index (κ3) is 2.65. The molecule has 110 valence electrons. The molecule has 1 heterocycles. The molecule has 1 aromatic heterocycles. The van der Waals surface area contributed by atoms with Crippen molar-refractivity contribution in [2.45, 2.75) is 25.3 Å². The summed E-state index contributed by atoms with van der Waals surface area (Å²) in [5, 5.41) is 5.57. The number of hydrogen-bond donors (Lipinski definition) is 1. The van der Waals surface area contributed by atoms with Crippen molar-refractivity contribution in [3.63, 3.8) is 0 Å². The van der Waals surface area contributed by atoms with Crippen LogP contribution in [0.3, 0.4) is 0 Å². The zero-order chi connectivity index (χ0) is 14.8. The van der Waals surface area contributed by atoms with Gasteiger partial charge in [-0.1, -0.05) is 24.3 Å². The Hall–Kier alpha value is -1.88. The number of hydrogen-bond acceptors (Lipinski definition) is 4. The average molecular weight is 301 g/mol. The van der Waals surface area contributed by atoms with Crippen LogP contribution in [0.25, 0.3) is 0 Å². The molecule has 0 saturated heterocycles. The molecule has 1 aliphatic rings. The van der Waals surface area contributed by atoms with Gasteiger partial charge in [0.15, 0.2) is 5.13 Å². The van der Waals surface area contributed by atoms with Crippen LogP contribution in [0.4, 0.5) is 5.13 Å². The molecule has 0 radical (unpaired) electrons. The van der Waals surface area contributed by atoms with Crippen LogP contribution in [-0.4, -0.2) is 29.9 Å². The second kappa shape index (κ2) is 5.85. The van der Waals surface area contributed by atoms with Gasteiger partial charge in [0.05, 0.1) is 6.04 Å². The van der Waals surface area contributed by atoms with E-state index in [1.807, 2.05) is 24.4 Å². The number of thiazole rings is 1. The molecule has 0 spiro atoms. The lowest BCUT2D eigenvalue weighted by atomic mass is 9.87. The predicted octanol–water partition coefficient (Wildman–Crippen LogP) is 3.33. The Morgan fingerprint density at radius 3 is 3.00 bits per heavy atom. The van der Waals surface area contributed by atoms with Gasteiger partial charge in [-0.05, 0) is 30.4 Å². The Labute approximate surface area is 128 Å². The molecule has 0 fully saturated rings. The van der Waals surface area contributed by atoms with E-state index in [1.54, 1.807) is 0 Å². The van der Waals surface area contributed by atoms with E-state index >= 15 is 0 Å². The number of nitrogens with one attached hydrogen (secondary N) is 1. The highest BCUT2D eigenvalue weighted by Gasteiger charge is 2.28. The molecule has 0 saturated carbocycles. The van der Waals surface area contributed by atoms with Crippen LogP contribution in [0, 0.1) is 0 Å². The summed E-state index contributed by atoms with van der Waals surface area (Å²) < 4.78 is 0. The SMILES string of the molecule is CNc1nc(C(=O)N(C)[C@@H]2CCCc3ccccc32)cs1. The quantitative estimate of drug-likeness (QED) is 0.945. The molecule has 1 amide bonds. The van der Waals surface area contributed by atoms with E-state index in [0.717, 1.165) is 24.4 Å². The molecule has 5 heteroatoms. The van der Waals surface area contributed by atoms with Crippen LogP contribution in [0.1, 0.15) is 40.5 Å². The van der Waals surface area contributed by atoms with Crippen molar-refractivity contribution in [2.75, 3.05) is 19.4 Å². The van der Waals surface area contributed by atoms with Gasteiger partial charge >= 0.3 is 0 Å². The molecule has 0 bridgehead atoms. The van der Waals surface area contributed by atoms with Crippen LogP contribution in [0.15, 0.2) is 29.6 Å². The van der Waals surface area contributed by atoms with Crippen LogP contribution in [-0.2, 0) is 6.42 Å². The molecule has 21 heavy (non-hydrogen) atoms. The molecule has 1 aliphatic carbocycles. The molecular formula is C16H19N3OS. The summed E-state index contributed by atoms with van der Waals surface area (Å²) in [4.78, 5) is 18.8. The molecule has 3 rings (SSSR count). The van der Waals surface area contributed by atoms with E-state index in [1.165, 1.54) is 22.5 Å². The first-order valence-electron chi connectivity index (χ1n) is 7.19. The second-order valence-corrected chi connectivity index (χ2v) is 6.17. The Bertz CT molecular complexity index is 652. The van der Waals surface area contributed by atoms with Crippen molar-refractivity contribution in [3.05, 3.63) is 46.5 Å². The molecule has 1 aromatic carbocycles. The minimum Gasteiger partial charge on any atom is -0.365 e. The lowest BCUT2D eigenvalue weighted by molar-refractivity contribution is 0.0710. The third-order valence-electron chi connectivity index (χ3n) is 4.06. The maximum Gasteiger partial charge on any atom is 0.273 e. The first-order chi connectivity index (χ1) is 10.2. The van der Waals surface area contributed by atoms with Crippen LogP contribution < -0.4 is 5.32 Å². The number of carbonyl (C=O) groups excluding carboxylic acids is 1. The fraction of sp³-hybridized carbons (Fsp3) is 0.375. The number of benzene rings is 1. The van der Waals surface area contributed by atoms with Crippen molar-refractivity contribution >= 4 is 22.4 Å². The van der Waals surface area contributed by atoms with Gasteiger partial charge < -0.3 is 10.2 Å². The van der Waals surface area contributed by atoms with E-state index in [2.05, 4.69) is 34.6 Å². The van der Waals surface area contributed by atoms with Gasteiger partial charge in [0.1, 0.15) is 5.69 Å². The number of anilines is 1.